The maximum absolute atomic E-state index is 12.9. The average Bonchev–Trinajstić information content (AvgIpc) is 2.34. The SMILES string of the molecule is CCC(C)CNc1ccc(C(N)=S)c(C(F)(F)F)c1. The fourth-order valence-electron chi connectivity index (χ4n) is 1.54. The molecule has 0 spiro atoms. The minimum Gasteiger partial charge on any atom is -0.389 e. The Bertz CT molecular complexity index is 458. The lowest BCUT2D eigenvalue weighted by Crippen LogP contribution is -2.19. The molecule has 3 N–H and O–H groups in total. The molecule has 1 unspecified atom stereocenters. The summed E-state index contributed by atoms with van der Waals surface area (Å²) in [6.07, 6.45) is -3.50. The van der Waals surface area contributed by atoms with Crippen LogP contribution in [0.25, 0.3) is 0 Å². The highest BCUT2D eigenvalue weighted by atomic mass is 32.1. The smallest absolute Gasteiger partial charge is 0.389 e. The summed E-state index contributed by atoms with van der Waals surface area (Å²) >= 11 is 4.64. The second-order valence-electron chi connectivity index (χ2n) is 4.52. The van der Waals surface area contributed by atoms with Crippen LogP contribution < -0.4 is 11.1 Å². The van der Waals surface area contributed by atoms with Crippen LogP contribution in [-0.4, -0.2) is 11.5 Å². The highest BCUT2D eigenvalue weighted by molar-refractivity contribution is 7.80. The van der Waals surface area contributed by atoms with E-state index in [1.807, 2.05) is 13.8 Å². The zero-order chi connectivity index (χ0) is 14.6. The van der Waals surface area contributed by atoms with E-state index >= 15 is 0 Å². The molecule has 1 atom stereocenters. The van der Waals surface area contributed by atoms with E-state index in [1.54, 1.807) is 6.07 Å². The van der Waals surface area contributed by atoms with Gasteiger partial charge in [0, 0.05) is 17.8 Å². The first kappa shape index (κ1) is 15.8. The van der Waals surface area contributed by atoms with E-state index in [0.29, 0.717) is 18.2 Å². The van der Waals surface area contributed by atoms with Crippen LogP contribution in [0.3, 0.4) is 0 Å². The van der Waals surface area contributed by atoms with E-state index in [2.05, 4.69) is 17.5 Å². The van der Waals surface area contributed by atoms with Crippen LogP contribution in [-0.2, 0) is 6.18 Å². The number of thiocarbonyl (C=S) groups is 1. The van der Waals surface area contributed by atoms with Gasteiger partial charge in [-0.3, -0.25) is 0 Å². The summed E-state index contributed by atoms with van der Waals surface area (Å²) in [5.41, 5.74) is 4.80. The third-order valence-corrected chi connectivity index (χ3v) is 3.16. The van der Waals surface area contributed by atoms with Gasteiger partial charge in [-0.2, -0.15) is 13.2 Å². The average molecular weight is 290 g/mol. The molecule has 1 aromatic rings. The first-order valence-corrected chi connectivity index (χ1v) is 6.41. The van der Waals surface area contributed by atoms with Gasteiger partial charge in [-0.1, -0.05) is 32.5 Å². The van der Waals surface area contributed by atoms with Crippen molar-refractivity contribution in [1.29, 1.82) is 0 Å². The van der Waals surface area contributed by atoms with E-state index in [4.69, 9.17) is 5.73 Å². The summed E-state index contributed by atoms with van der Waals surface area (Å²) in [7, 11) is 0. The number of rotatable bonds is 5. The Labute approximate surface area is 116 Å². The Hall–Kier alpha value is -1.30. The van der Waals surface area contributed by atoms with E-state index in [9.17, 15) is 13.2 Å². The molecule has 0 saturated carbocycles. The molecule has 2 nitrogen and oxygen atoms in total. The quantitative estimate of drug-likeness (QED) is 0.810. The van der Waals surface area contributed by atoms with Gasteiger partial charge < -0.3 is 11.1 Å². The number of alkyl halides is 3. The Balaban J connectivity index is 3.02. The zero-order valence-electron chi connectivity index (χ0n) is 10.8. The molecule has 106 valence electrons. The second-order valence-corrected chi connectivity index (χ2v) is 4.96. The number of hydrogen-bond donors (Lipinski definition) is 2. The number of halogens is 3. The monoisotopic (exact) mass is 290 g/mol. The van der Waals surface area contributed by atoms with Gasteiger partial charge >= 0.3 is 6.18 Å². The van der Waals surface area contributed by atoms with Crippen molar-refractivity contribution in [3.63, 3.8) is 0 Å². The molecule has 0 radical (unpaired) electrons. The Morgan fingerprint density at radius 2 is 2.05 bits per heavy atom. The molecule has 6 heteroatoms. The Morgan fingerprint density at radius 1 is 1.42 bits per heavy atom. The van der Waals surface area contributed by atoms with Gasteiger partial charge in [0.15, 0.2) is 0 Å². The first-order chi connectivity index (χ1) is 8.75. The van der Waals surface area contributed by atoms with Gasteiger partial charge in [-0.15, -0.1) is 0 Å². The molecular formula is C13H17F3N2S. The van der Waals surface area contributed by atoms with Gasteiger partial charge in [0.1, 0.15) is 4.99 Å². The topological polar surface area (TPSA) is 38.0 Å². The maximum Gasteiger partial charge on any atom is 0.417 e. The number of nitrogens with one attached hydrogen (secondary N) is 1. The van der Waals surface area contributed by atoms with E-state index < -0.39 is 11.7 Å². The summed E-state index contributed by atoms with van der Waals surface area (Å²) in [5, 5.41) is 2.99. The standard InChI is InChI=1S/C13H17F3N2S/c1-3-8(2)7-18-9-4-5-10(12(17)19)11(6-9)13(14,15)16/h4-6,8,18H,3,7H2,1-2H3,(H2,17,19). The van der Waals surface area contributed by atoms with Crippen LogP contribution in [0.4, 0.5) is 18.9 Å². The molecule has 0 aliphatic heterocycles. The summed E-state index contributed by atoms with van der Waals surface area (Å²) < 4.78 is 38.7. The normalized spacial score (nSPS) is 13.1. The molecule has 0 saturated heterocycles. The van der Waals surface area contributed by atoms with Crippen LogP contribution in [0, 0.1) is 5.92 Å². The minimum atomic E-state index is -4.47. The molecule has 1 rings (SSSR count). The van der Waals surface area contributed by atoms with E-state index in [1.165, 1.54) is 6.07 Å². The second kappa shape index (κ2) is 6.23. The predicted molar refractivity (Wildman–Crippen MR) is 75.3 cm³/mol. The zero-order valence-corrected chi connectivity index (χ0v) is 11.7. The number of benzene rings is 1. The fourth-order valence-corrected chi connectivity index (χ4v) is 1.72. The van der Waals surface area contributed by atoms with Crippen LogP contribution in [0.2, 0.25) is 0 Å². The molecular weight excluding hydrogens is 273 g/mol. The lowest BCUT2D eigenvalue weighted by atomic mass is 10.1. The molecule has 0 aromatic heterocycles. The molecule has 19 heavy (non-hydrogen) atoms. The number of hydrogen-bond acceptors (Lipinski definition) is 2. The predicted octanol–water partition coefficient (Wildman–Crippen LogP) is 3.80. The molecule has 0 bridgehead atoms. The van der Waals surface area contributed by atoms with Gasteiger partial charge in [0.05, 0.1) is 5.56 Å². The molecule has 0 heterocycles. The van der Waals surface area contributed by atoms with Crippen molar-refractivity contribution in [2.45, 2.75) is 26.4 Å². The van der Waals surface area contributed by atoms with Gasteiger partial charge in [-0.25, -0.2) is 0 Å². The molecule has 0 aliphatic carbocycles. The van der Waals surface area contributed by atoms with Crippen LogP contribution in [0.15, 0.2) is 18.2 Å². The summed E-state index contributed by atoms with van der Waals surface area (Å²) in [5.74, 6) is 0.393. The Morgan fingerprint density at radius 3 is 2.53 bits per heavy atom. The highest BCUT2D eigenvalue weighted by Gasteiger charge is 2.34. The minimum absolute atomic E-state index is 0.142. The van der Waals surface area contributed by atoms with Gasteiger partial charge in [0.25, 0.3) is 0 Å². The summed E-state index contributed by atoms with van der Waals surface area (Å²) in [6, 6.07) is 3.92. The van der Waals surface area contributed by atoms with Crippen LogP contribution in [0.5, 0.6) is 0 Å². The number of nitrogens with two attached hydrogens (primary N) is 1. The van der Waals surface area contributed by atoms with Crippen LogP contribution in [0.1, 0.15) is 31.4 Å². The molecule has 0 fully saturated rings. The van der Waals surface area contributed by atoms with Crippen molar-refractivity contribution in [2.75, 3.05) is 11.9 Å². The molecule has 0 aliphatic rings. The molecule has 0 amide bonds. The number of anilines is 1. The van der Waals surface area contributed by atoms with Crippen molar-refractivity contribution in [3.05, 3.63) is 29.3 Å². The Kier molecular flexibility index (Phi) is 5.17. The third kappa shape index (κ3) is 4.38. The lowest BCUT2D eigenvalue weighted by Gasteiger charge is -2.16. The summed E-state index contributed by atoms with van der Waals surface area (Å²) in [6.45, 7) is 4.69. The van der Waals surface area contributed by atoms with Crippen molar-refractivity contribution >= 4 is 22.9 Å². The van der Waals surface area contributed by atoms with Crippen LogP contribution >= 0.6 is 12.2 Å². The van der Waals surface area contributed by atoms with Crippen molar-refractivity contribution in [3.8, 4) is 0 Å². The van der Waals surface area contributed by atoms with Gasteiger partial charge in [-0.05, 0) is 24.1 Å². The van der Waals surface area contributed by atoms with Crippen molar-refractivity contribution < 1.29 is 13.2 Å². The molecule has 1 aromatic carbocycles. The van der Waals surface area contributed by atoms with E-state index in [-0.39, 0.29) is 10.6 Å². The van der Waals surface area contributed by atoms with Crippen molar-refractivity contribution in [1.82, 2.24) is 0 Å². The lowest BCUT2D eigenvalue weighted by molar-refractivity contribution is -0.137. The first-order valence-electron chi connectivity index (χ1n) is 6.00. The maximum atomic E-state index is 12.9. The third-order valence-electron chi connectivity index (χ3n) is 2.94. The van der Waals surface area contributed by atoms with Crippen molar-refractivity contribution in [2.24, 2.45) is 11.7 Å². The largest absolute Gasteiger partial charge is 0.417 e. The fraction of sp³-hybridized carbons (Fsp3) is 0.462. The van der Waals surface area contributed by atoms with Gasteiger partial charge in [0.2, 0.25) is 0 Å². The highest BCUT2D eigenvalue weighted by Crippen LogP contribution is 2.33. The summed E-state index contributed by atoms with van der Waals surface area (Å²) in [4.78, 5) is -0.249. The van der Waals surface area contributed by atoms with E-state index in [0.717, 1.165) is 12.5 Å².